The second-order valence-electron chi connectivity index (χ2n) is 9.59. The molecule has 2 aromatic carbocycles. The van der Waals surface area contributed by atoms with Gasteiger partial charge in [-0.1, -0.05) is 30.8 Å². The maximum Gasteiger partial charge on any atom is 0.260 e. The van der Waals surface area contributed by atoms with Gasteiger partial charge in [-0.2, -0.15) is 0 Å². The predicted molar refractivity (Wildman–Crippen MR) is 143 cm³/mol. The van der Waals surface area contributed by atoms with Gasteiger partial charge in [0.1, 0.15) is 5.75 Å². The number of likely N-dealkylation sites (tertiary alicyclic amines) is 1. The van der Waals surface area contributed by atoms with Crippen LogP contribution in [0.2, 0.25) is 0 Å². The van der Waals surface area contributed by atoms with Crippen LogP contribution in [0.15, 0.2) is 71.6 Å². The van der Waals surface area contributed by atoms with Gasteiger partial charge in [0.2, 0.25) is 0 Å². The fourth-order valence-corrected chi connectivity index (χ4v) is 4.90. The average Bonchev–Trinajstić information content (AvgIpc) is 2.94. The minimum absolute atomic E-state index is 0.0728. The number of carbonyl (C=O) groups is 1. The molecule has 0 radical (unpaired) electrons. The van der Waals surface area contributed by atoms with Gasteiger partial charge in [-0.3, -0.25) is 9.79 Å². The summed E-state index contributed by atoms with van der Waals surface area (Å²) in [5, 5.41) is 0. The van der Waals surface area contributed by atoms with E-state index >= 15 is 0 Å². The Labute approximate surface area is 209 Å². The smallest absolute Gasteiger partial charge is 0.260 e. The molecule has 2 heterocycles. The van der Waals surface area contributed by atoms with Crippen molar-refractivity contribution >= 4 is 17.3 Å². The SMILES string of the molecule is C=C1/C(=C\N=C(/C)Cc2ccc(C3CCN(C)CC3)cc2OC)N(C)C(=O)c2ccccc2N1C. The normalized spacial score (nSPS) is 19.2. The first-order valence-electron chi connectivity index (χ1n) is 12.2. The summed E-state index contributed by atoms with van der Waals surface area (Å²) in [6.45, 7) is 8.51. The monoisotopic (exact) mass is 472 g/mol. The average molecular weight is 473 g/mol. The first-order valence-corrected chi connectivity index (χ1v) is 12.2. The van der Waals surface area contributed by atoms with Crippen LogP contribution in [-0.4, -0.2) is 62.8 Å². The van der Waals surface area contributed by atoms with Gasteiger partial charge in [-0.05, 0) is 75.1 Å². The Kier molecular flexibility index (Phi) is 7.41. The molecule has 0 saturated carbocycles. The molecule has 2 aromatic rings. The fourth-order valence-electron chi connectivity index (χ4n) is 4.90. The number of hydrogen-bond acceptors (Lipinski definition) is 5. The summed E-state index contributed by atoms with van der Waals surface area (Å²) in [6, 6.07) is 14.2. The number of amides is 1. The first kappa shape index (κ1) is 24.7. The molecule has 184 valence electrons. The fraction of sp³-hybridized carbons (Fsp3) is 0.379. The van der Waals surface area contributed by atoms with Crippen LogP contribution < -0.4 is 9.64 Å². The van der Waals surface area contributed by atoms with Crippen molar-refractivity contribution in [1.82, 2.24) is 9.80 Å². The maximum atomic E-state index is 13.1. The zero-order chi connectivity index (χ0) is 25.1. The van der Waals surface area contributed by atoms with Crippen molar-refractivity contribution in [2.45, 2.75) is 32.1 Å². The highest BCUT2D eigenvalue weighted by atomic mass is 16.5. The van der Waals surface area contributed by atoms with Crippen molar-refractivity contribution in [2.24, 2.45) is 4.99 Å². The van der Waals surface area contributed by atoms with Crippen molar-refractivity contribution in [3.63, 3.8) is 0 Å². The van der Waals surface area contributed by atoms with E-state index in [4.69, 9.17) is 9.73 Å². The van der Waals surface area contributed by atoms with E-state index in [2.05, 4.69) is 36.7 Å². The lowest BCUT2D eigenvalue weighted by Gasteiger charge is -2.29. The van der Waals surface area contributed by atoms with Crippen LogP contribution in [0.3, 0.4) is 0 Å². The Morgan fingerprint density at radius 1 is 1.11 bits per heavy atom. The van der Waals surface area contributed by atoms with Gasteiger partial charge in [0.25, 0.3) is 5.91 Å². The number of benzene rings is 2. The van der Waals surface area contributed by atoms with Gasteiger partial charge in [-0.25, -0.2) is 0 Å². The van der Waals surface area contributed by atoms with Gasteiger partial charge in [-0.15, -0.1) is 0 Å². The van der Waals surface area contributed by atoms with E-state index in [-0.39, 0.29) is 5.91 Å². The molecule has 4 rings (SSSR count). The molecule has 6 heteroatoms. The lowest BCUT2D eigenvalue weighted by Crippen LogP contribution is -2.29. The Balaban J connectivity index is 1.54. The molecule has 0 aliphatic carbocycles. The molecule has 0 bridgehead atoms. The van der Waals surface area contributed by atoms with E-state index in [1.54, 1.807) is 25.3 Å². The van der Waals surface area contributed by atoms with Crippen molar-refractivity contribution < 1.29 is 9.53 Å². The topological polar surface area (TPSA) is 48.4 Å². The highest BCUT2D eigenvalue weighted by Crippen LogP contribution is 2.33. The lowest BCUT2D eigenvalue weighted by atomic mass is 9.88. The Morgan fingerprint density at radius 2 is 1.83 bits per heavy atom. The number of nitrogens with zero attached hydrogens (tertiary/aromatic N) is 4. The molecular weight excluding hydrogens is 436 g/mol. The van der Waals surface area contributed by atoms with Crippen LogP contribution in [-0.2, 0) is 6.42 Å². The van der Waals surface area contributed by atoms with Crippen molar-refractivity contribution in [3.05, 3.63) is 83.3 Å². The Bertz CT molecular complexity index is 1170. The summed E-state index contributed by atoms with van der Waals surface area (Å²) in [5.74, 6) is 1.42. The standard InChI is InChI=1S/C29H36N4O2/c1-20(17-24-12-11-23(18-28(24)35-6)22-13-15-31(3)16-14-22)30-19-27-21(2)32(4)26-10-8-7-9-25(26)29(34)33(27)5/h7-12,18-19,22H,2,13-17H2,1,3-6H3/b27-19+,30-20+. The molecule has 0 aromatic heterocycles. The molecule has 1 saturated heterocycles. The molecule has 6 nitrogen and oxygen atoms in total. The molecule has 0 spiro atoms. The predicted octanol–water partition coefficient (Wildman–Crippen LogP) is 5.08. The number of para-hydroxylation sites is 1. The van der Waals surface area contributed by atoms with Crippen LogP contribution in [0.5, 0.6) is 5.75 Å². The van der Waals surface area contributed by atoms with Crippen LogP contribution in [0.1, 0.15) is 47.2 Å². The molecular formula is C29H36N4O2. The number of likely N-dealkylation sites (N-methyl/N-ethyl adjacent to an activating group) is 2. The number of piperidine rings is 1. The van der Waals surface area contributed by atoms with E-state index in [1.165, 1.54) is 18.4 Å². The molecule has 0 unspecified atom stereocenters. The number of fused-ring (bicyclic) bond motifs is 1. The lowest BCUT2D eigenvalue weighted by molar-refractivity contribution is 0.0841. The number of methoxy groups -OCH3 is 1. The second kappa shape index (κ2) is 10.5. The maximum absolute atomic E-state index is 13.1. The third-order valence-corrected chi connectivity index (χ3v) is 7.22. The summed E-state index contributed by atoms with van der Waals surface area (Å²) in [5.41, 5.74) is 6.29. The van der Waals surface area contributed by atoms with Gasteiger partial charge < -0.3 is 19.4 Å². The summed E-state index contributed by atoms with van der Waals surface area (Å²) in [7, 11) is 7.61. The van der Waals surface area contributed by atoms with E-state index < -0.39 is 0 Å². The summed E-state index contributed by atoms with van der Waals surface area (Å²) in [6.07, 6.45) is 4.78. The molecule has 0 N–H and O–H groups in total. The summed E-state index contributed by atoms with van der Waals surface area (Å²) in [4.78, 5) is 23.8. The van der Waals surface area contributed by atoms with Crippen LogP contribution >= 0.6 is 0 Å². The third kappa shape index (κ3) is 5.17. The summed E-state index contributed by atoms with van der Waals surface area (Å²) < 4.78 is 5.75. The zero-order valence-electron chi connectivity index (χ0n) is 21.5. The second-order valence-corrected chi connectivity index (χ2v) is 9.59. The Morgan fingerprint density at radius 3 is 2.54 bits per heavy atom. The number of aliphatic imine (C=N–C) groups is 1. The molecule has 0 atom stereocenters. The number of rotatable bonds is 5. The van der Waals surface area contributed by atoms with Crippen LogP contribution in [0.25, 0.3) is 0 Å². The highest BCUT2D eigenvalue weighted by molar-refractivity contribution is 6.02. The quantitative estimate of drug-likeness (QED) is 0.569. The zero-order valence-corrected chi connectivity index (χ0v) is 21.5. The van der Waals surface area contributed by atoms with Gasteiger partial charge in [0.05, 0.1) is 36.0 Å². The molecule has 2 aliphatic rings. The number of ether oxygens (including phenoxy) is 1. The minimum Gasteiger partial charge on any atom is -0.496 e. The Hall–Kier alpha value is -3.38. The highest BCUT2D eigenvalue weighted by Gasteiger charge is 2.28. The van der Waals surface area contributed by atoms with Gasteiger partial charge in [0, 0.05) is 26.2 Å². The van der Waals surface area contributed by atoms with E-state index in [9.17, 15) is 4.79 Å². The van der Waals surface area contributed by atoms with E-state index in [0.717, 1.165) is 41.5 Å². The minimum atomic E-state index is -0.0728. The summed E-state index contributed by atoms with van der Waals surface area (Å²) >= 11 is 0. The van der Waals surface area contributed by atoms with E-state index in [1.807, 2.05) is 43.1 Å². The van der Waals surface area contributed by atoms with Crippen molar-refractivity contribution in [2.75, 3.05) is 46.2 Å². The number of hydrogen-bond donors (Lipinski definition) is 0. The largest absolute Gasteiger partial charge is 0.496 e. The molecule has 1 amide bonds. The molecule has 1 fully saturated rings. The molecule has 2 aliphatic heterocycles. The van der Waals surface area contributed by atoms with Gasteiger partial charge in [0.15, 0.2) is 0 Å². The van der Waals surface area contributed by atoms with Gasteiger partial charge >= 0.3 is 0 Å². The third-order valence-electron chi connectivity index (χ3n) is 7.22. The van der Waals surface area contributed by atoms with Crippen LogP contribution in [0, 0.1) is 0 Å². The van der Waals surface area contributed by atoms with Crippen molar-refractivity contribution in [1.29, 1.82) is 0 Å². The number of carbonyl (C=O) groups excluding carboxylic acids is 1. The van der Waals surface area contributed by atoms with Crippen molar-refractivity contribution in [3.8, 4) is 5.75 Å². The first-order chi connectivity index (χ1) is 16.8. The van der Waals surface area contributed by atoms with Crippen LogP contribution in [0.4, 0.5) is 5.69 Å². The number of anilines is 1. The molecule has 35 heavy (non-hydrogen) atoms. The van der Waals surface area contributed by atoms with E-state index in [0.29, 0.717) is 23.6 Å².